The summed E-state index contributed by atoms with van der Waals surface area (Å²) in [7, 11) is 1.55. The van der Waals surface area contributed by atoms with Crippen LogP contribution in [0.25, 0.3) is 11.5 Å². The SMILES string of the molecule is COc1ccccc1-c1nnc(SCC(=O)Nc2ccc(Cl)cc2F)o1. The summed E-state index contributed by atoms with van der Waals surface area (Å²) in [6.07, 6.45) is 0. The van der Waals surface area contributed by atoms with Gasteiger partial charge in [-0.15, -0.1) is 10.2 Å². The highest BCUT2D eigenvalue weighted by Gasteiger charge is 2.15. The average molecular weight is 394 g/mol. The molecule has 1 N–H and O–H groups in total. The standard InChI is InChI=1S/C17H13ClFN3O3S/c1-24-14-5-3-2-4-11(14)16-21-22-17(25-16)26-9-15(23)20-13-7-6-10(18)8-12(13)19/h2-8H,9H2,1H3,(H,20,23). The second-order valence-electron chi connectivity index (χ2n) is 5.03. The molecule has 0 fully saturated rings. The van der Waals surface area contributed by atoms with Crippen molar-refractivity contribution in [1.29, 1.82) is 0 Å². The van der Waals surface area contributed by atoms with Crippen LogP contribution in [0.2, 0.25) is 5.02 Å². The fraction of sp³-hybridized carbons (Fsp3) is 0.118. The Morgan fingerprint density at radius 1 is 1.31 bits per heavy atom. The van der Waals surface area contributed by atoms with Gasteiger partial charge < -0.3 is 14.5 Å². The Bertz CT molecular complexity index is 935. The van der Waals surface area contributed by atoms with Gasteiger partial charge in [-0.3, -0.25) is 4.79 Å². The summed E-state index contributed by atoms with van der Waals surface area (Å²) in [6, 6.07) is 11.2. The lowest BCUT2D eigenvalue weighted by atomic mass is 10.2. The normalized spacial score (nSPS) is 10.6. The lowest BCUT2D eigenvalue weighted by Gasteiger charge is -2.05. The van der Waals surface area contributed by atoms with Crippen LogP contribution in [0.4, 0.5) is 10.1 Å². The number of thioether (sulfide) groups is 1. The monoisotopic (exact) mass is 393 g/mol. The highest BCUT2D eigenvalue weighted by molar-refractivity contribution is 7.99. The van der Waals surface area contributed by atoms with E-state index in [0.29, 0.717) is 11.3 Å². The van der Waals surface area contributed by atoms with Crippen LogP contribution in [-0.4, -0.2) is 29.0 Å². The van der Waals surface area contributed by atoms with Crippen LogP contribution < -0.4 is 10.1 Å². The molecule has 0 aliphatic rings. The molecule has 1 amide bonds. The van der Waals surface area contributed by atoms with E-state index in [1.54, 1.807) is 19.2 Å². The van der Waals surface area contributed by atoms with Crippen LogP contribution in [0.5, 0.6) is 5.75 Å². The van der Waals surface area contributed by atoms with Crippen molar-refractivity contribution in [3.63, 3.8) is 0 Å². The first-order valence-corrected chi connectivity index (χ1v) is 8.78. The van der Waals surface area contributed by atoms with Crippen molar-refractivity contribution in [2.75, 3.05) is 18.2 Å². The average Bonchev–Trinajstić information content (AvgIpc) is 3.11. The lowest BCUT2D eigenvalue weighted by Crippen LogP contribution is -2.15. The molecule has 0 atom stereocenters. The molecule has 26 heavy (non-hydrogen) atoms. The maximum Gasteiger partial charge on any atom is 0.277 e. The molecule has 0 aliphatic carbocycles. The van der Waals surface area contributed by atoms with E-state index < -0.39 is 11.7 Å². The quantitative estimate of drug-likeness (QED) is 0.630. The van der Waals surface area contributed by atoms with Crippen molar-refractivity contribution < 1.29 is 18.3 Å². The zero-order valence-electron chi connectivity index (χ0n) is 13.5. The molecule has 0 unspecified atom stereocenters. The highest BCUT2D eigenvalue weighted by Crippen LogP contribution is 2.30. The number of nitrogens with zero attached hydrogens (tertiary/aromatic N) is 2. The molecule has 0 bridgehead atoms. The van der Waals surface area contributed by atoms with Gasteiger partial charge in [-0.25, -0.2) is 4.39 Å². The number of ether oxygens (including phenoxy) is 1. The summed E-state index contributed by atoms with van der Waals surface area (Å²) in [4.78, 5) is 12.0. The first-order chi connectivity index (χ1) is 12.6. The summed E-state index contributed by atoms with van der Waals surface area (Å²) in [6.45, 7) is 0. The van der Waals surface area contributed by atoms with Crippen LogP contribution in [0.1, 0.15) is 0 Å². The van der Waals surface area contributed by atoms with E-state index in [1.165, 1.54) is 12.1 Å². The number of halogens is 2. The van der Waals surface area contributed by atoms with Gasteiger partial charge in [0.25, 0.3) is 11.1 Å². The Labute approximate surface area is 157 Å². The van der Waals surface area contributed by atoms with Gasteiger partial charge in [0.2, 0.25) is 5.91 Å². The van der Waals surface area contributed by atoms with Gasteiger partial charge in [0, 0.05) is 5.02 Å². The molecule has 2 aromatic carbocycles. The van der Waals surface area contributed by atoms with Crippen molar-refractivity contribution >= 4 is 35.0 Å². The molecule has 1 heterocycles. The fourth-order valence-corrected chi connectivity index (χ4v) is 2.82. The molecule has 134 valence electrons. The van der Waals surface area contributed by atoms with E-state index in [0.717, 1.165) is 17.8 Å². The third-order valence-electron chi connectivity index (χ3n) is 3.28. The molecule has 6 nitrogen and oxygen atoms in total. The van der Waals surface area contributed by atoms with Gasteiger partial charge in [0.1, 0.15) is 11.6 Å². The van der Waals surface area contributed by atoms with Crippen molar-refractivity contribution in [2.24, 2.45) is 0 Å². The first kappa shape index (κ1) is 18.2. The lowest BCUT2D eigenvalue weighted by molar-refractivity contribution is -0.113. The Morgan fingerprint density at radius 3 is 2.88 bits per heavy atom. The molecule has 1 aromatic heterocycles. The Morgan fingerprint density at radius 2 is 2.12 bits per heavy atom. The smallest absolute Gasteiger partial charge is 0.277 e. The summed E-state index contributed by atoms with van der Waals surface area (Å²) < 4.78 is 24.5. The predicted octanol–water partition coefficient (Wildman–Crippen LogP) is 4.27. The minimum atomic E-state index is -0.605. The van der Waals surface area contributed by atoms with Crippen molar-refractivity contribution in [2.45, 2.75) is 5.22 Å². The van der Waals surface area contributed by atoms with Crippen molar-refractivity contribution in [3.05, 3.63) is 53.3 Å². The molecule has 9 heteroatoms. The number of aromatic nitrogens is 2. The van der Waals surface area contributed by atoms with Gasteiger partial charge in [-0.05, 0) is 30.3 Å². The molecule has 3 rings (SSSR count). The van der Waals surface area contributed by atoms with Crippen LogP contribution in [0.3, 0.4) is 0 Å². The molecule has 3 aromatic rings. The third kappa shape index (κ3) is 4.33. The predicted molar refractivity (Wildman–Crippen MR) is 97.0 cm³/mol. The van der Waals surface area contributed by atoms with E-state index in [1.807, 2.05) is 12.1 Å². The number of methoxy groups -OCH3 is 1. The number of nitrogens with one attached hydrogen (secondary N) is 1. The molecule has 0 saturated heterocycles. The first-order valence-electron chi connectivity index (χ1n) is 7.41. The van der Waals surface area contributed by atoms with Crippen molar-refractivity contribution in [1.82, 2.24) is 10.2 Å². The molecule has 0 aliphatic heterocycles. The number of anilines is 1. The number of amides is 1. The highest BCUT2D eigenvalue weighted by atomic mass is 35.5. The Hall–Kier alpha value is -2.58. The molecule has 0 spiro atoms. The van der Waals surface area contributed by atoms with Crippen LogP contribution >= 0.6 is 23.4 Å². The van der Waals surface area contributed by atoms with Gasteiger partial charge >= 0.3 is 0 Å². The Balaban J connectivity index is 1.62. The number of benzene rings is 2. The minimum Gasteiger partial charge on any atom is -0.496 e. The van der Waals surface area contributed by atoms with E-state index in [9.17, 15) is 9.18 Å². The van der Waals surface area contributed by atoms with Gasteiger partial charge in [-0.1, -0.05) is 35.5 Å². The zero-order valence-corrected chi connectivity index (χ0v) is 15.1. The van der Waals surface area contributed by atoms with E-state index in [2.05, 4.69) is 15.5 Å². The Kier molecular flexibility index (Phi) is 5.75. The molecular formula is C17H13ClFN3O3S. The van der Waals surface area contributed by atoms with Crippen molar-refractivity contribution in [3.8, 4) is 17.2 Å². The van der Waals surface area contributed by atoms with Gasteiger partial charge in [0.15, 0.2) is 0 Å². The van der Waals surface area contributed by atoms with Gasteiger partial charge in [-0.2, -0.15) is 0 Å². The number of carbonyl (C=O) groups excluding carboxylic acids is 1. The largest absolute Gasteiger partial charge is 0.496 e. The van der Waals surface area contributed by atoms with E-state index >= 15 is 0 Å². The second-order valence-corrected chi connectivity index (χ2v) is 6.40. The topological polar surface area (TPSA) is 77.2 Å². The minimum absolute atomic E-state index is 0.0182. The van der Waals surface area contributed by atoms with Crippen LogP contribution in [0.15, 0.2) is 52.1 Å². The molecule has 0 radical (unpaired) electrons. The summed E-state index contributed by atoms with van der Waals surface area (Å²) in [5, 5.41) is 10.8. The maximum absolute atomic E-state index is 13.7. The van der Waals surface area contributed by atoms with Crippen LogP contribution in [-0.2, 0) is 4.79 Å². The third-order valence-corrected chi connectivity index (χ3v) is 4.33. The molecular weight excluding hydrogens is 381 g/mol. The number of hydrogen-bond acceptors (Lipinski definition) is 6. The maximum atomic E-state index is 13.7. The zero-order chi connectivity index (χ0) is 18.5. The van der Waals surface area contributed by atoms with Gasteiger partial charge in [0.05, 0.1) is 24.1 Å². The number of carbonyl (C=O) groups is 1. The summed E-state index contributed by atoms with van der Waals surface area (Å²) in [5.41, 5.74) is 0.710. The fourth-order valence-electron chi connectivity index (χ4n) is 2.10. The molecule has 0 saturated carbocycles. The number of hydrogen-bond donors (Lipinski definition) is 1. The van der Waals surface area contributed by atoms with Crippen LogP contribution in [0, 0.1) is 5.82 Å². The van der Waals surface area contributed by atoms with E-state index in [-0.39, 0.29) is 27.6 Å². The summed E-state index contributed by atoms with van der Waals surface area (Å²) in [5.74, 6) is -0.145. The number of para-hydroxylation sites is 1. The second kappa shape index (κ2) is 8.20. The summed E-state index contributed by atoms with van der Waals surface area (Å²) >= 11 is 6.72. The van der Waals surface area contributed by atoms with E-state index in [4.69, 9.17) is 20.8 Å². The number of rotatable bonds is 6.